The summed E-state index contributed by atoms with van der Waals surface area (Å²) in [6.45, 7) is 3.01. The van der Waals surface area contributed by atoms with Crippen molar-refractivity contribution < 1.29 is 24.9 Å². The first-order valence-electron chi connectivity index (χ1n) is 19.8. The zero-order valence-electron chi connectivity index (χ0n) is 30.1. The first kappa shape index (κ1) is 44.6. The van der Waals surface area contributed by atoms with Gasteiger partial charge >= 0.3 is 0 Å². The number of aliphatic hydroxyl groups excluding tert-OH is 2. The molecule has 0 heterocycles. The molecule has 268 valence electrons. The summed E-state index contributed by atoms with van der Waals surface area (Å²) >= 11 is 0. The summed E-state index contributed by atoms with van der Waals surface area (Å²) in [5.74, 6) is 0. The Morgan fingerprint density at radius 2 is 0.600 bits per heavy atom. The van der Waals surface area contributed by atoms with Crippen LogP contribution in [0, 0.1) is 0 Å². The molecular weight excluding hydrogens is 579 g/mol. The predicted molar refractivity (Wildman–Crippen MR) is 195 cm³/mol. The highest BCUT2D eigenvalue weighted by Gasteiger charge is 2.44. The van der Waals surface area contributed by atoms with E-state index in [0.29, 0.717) is 12.8 Å². The lowest BCUT2D eigenvalue weighted by atomic mass is 10.0. The van der Waals surface area contributed by atoms with Crippen molar-refractivity contribution in [3.8, 4) is 0 Å². The minimum absolute atomic E-state index is 0.247. The largest absolute Gasteiger partial charge is 0.393 e. The third-order valence-corrected chi connectivity index (χ3v) is 12.0. The summed E-state index contributed by atoms with van der Waals surface area (Å²) in [6.07, 6.45) is 37.9. The second kappa shape index (κ2) is 33.5. The maximum absolute atomic E-state index is 13.1. The molecule has 0 aromatic carbocycles. The molecule has 0 radical (unpaired) electrons. The van der Waals surface area contributed by atoms with Gasteiger partial charge in [0.15, 0.2) is 11.0 Å². The van der Waals surface area contributed by atoms with E-state index in [1.807, 2.05) is 0 Å². The fourth-order valence-corrected chi connectivity index (χ4v) is 8.57. The molecule has 0 aliphatic heterocycles. The first-order chi connectivity index (χ1) is 22.0. The van der Waals surface area contributed by atoms with Gasteiger partial charge in [-0.3, -0.25) is 9.59 Å². The van der Waals surface area contributed by atoms with Crippen LogP contribution in [0.1, 0.15) is 219 Å². The van der Waals surface area contributed by atoms with Gasteiger partial charge in [-0.1, -0.05) is 194 Å². The van der Waals surface area contributed by atoms with Gasteiger partial charge in [-0.05, 0) is 12.8 Å². The topological polar surface area (TPSA) is 94.8 Å². The summed E-state index contributed by atoms with van der Waals surface area (Å²) in [6, 6.07) is 0. The molecule has 0 rings (SSSR count). The number of carbonyl (C=O) groups is 2. The second-order valence-electron chi connectivity index (χ2n) is 13.8. The van der Waals surface area contributed by atoms with Gasteiger partial charge in [0.2, 0.25) is 0 Å². The van der Waals surface area contributed by atoms with Gasteiger partial charge in [-0.15, -0.1) is 0 Å². The van der Waals surface area contributed by atoms with E-state index < -0.39 is 26.5 Å². The zero-order valence-corrected chi connectivity index (χ0v) is 31.0. The summed E-state index contributed by atoms with van der Waals surface area (Å²) in [4.78, 5) is 26.1. The Morgan fingerprint density at radius 1 is 0.400 bits per heavy atom. The van der Waals surface area contributed by atoms with Crippen molar-refractivity contribution in [3.63, 3.8) is 0 Å². The Kier molecular flexibility index (Phi) is 33.3. The fraction of sp³-hybridized carbons (Fsp3) is 0.949. The van der Waals surface area contributed by atoms with Crippen molar-refractivity contribution in [1.82, 2.24) is 0 Å². The average Bonchev–Trinajstić information content (AvgIpc) is 3.04. The van der Waals surface area contributed by atoms with Crippen LogP contribution in [0.5, 0.6) is 0 Å². The predicted octanol–water partition coefficient (Wildman–Crippen LogP) is 11.7. The van der Waals surface area contributed by atoms with Crippen molar-refractivity contribution in [3.05, 3.63) is 0 Å². The van der Waals surface area contributed by atoms with Gasteiger partial charge in [0.05, 0.1) is 21.1 Å². The minimum Gasteiger partial charge on any atom is -0.393 e. The molecule has 0 aromatic rings. The lowest BCUT2D eigenvalue weighted by molar-refractivity contribution is -0.115. The van der Waals surface area contributed by atoms with E-state index in [1.165, 1.54) is 154 Å². The Hall–Kier alpha value is -0.350. The highest BCUT2D eigenvalue weighted by atomic mass is 31.1. The van der Waals surface area contributed by atoms with Crippen LogP contribution in [0.25, 0.3) is 0 Å². The number of rotatable bonds is 37. The standard InChI is InChI=1S/C39H77O5P/c1-3-5-7-9-11-13-15-17-19-21-23-25-27-29-31-33-37(42)45(39(44,35-40)36-41)38(43)34-32-30-28-26-24-22-20-18-16-14-12-10-8-6-4-2/h40-41,44H,3-36H2,1-2H3. The van der Waals surface area contributed by atoms with Gasteiger partial charge in [0, 0.05) is 12.8 Å². The minimum atomic E-state index is -2.14. The van der Waals surface area contributed by atoms with Gasteiger partial charge in [-0.25, -0.2) is 0 Å². The normalized spacial score (nSPS) is 12.0. The monoisotopic (exact) mass is 657 g/mol. The Balaban J connectivity index is 4.01. The molecule has 0 aliphatic carbocycles. The van der Waals surface area contributed by atoms with Crippen LogP contribution in [0.2, 0.25) is 0 Å². The number of unbranched alkanes of at least 4 members (excludes halogenated alkanes) is 28. The molecule has 0 fully saturated rings. The number of hydrogen-bond donors (Lipinski definition) is 3. The third kappa shape index (κ3) is 26.3. The summed E-state index contributed by atoms with van der Waals surface area (Å²) in [5.41, 5.74) is -0.535. The lowest BCUT2D eigenvalue weighted by Crippen LogP contribution is -2.39. The Bertz CT molecular complexity index is 605. The first-order valence-corrected chi connectivity index (χ1v) is 21.1. The highest BCUT2D eigenvalue weighted by molar-refractivity contribution is 7.90. The van der Waals surface area contributed by atoms with Crippen LogP contribution in [-0.4, -0.2) is 44.9 Å². The Labute approximate surface area is 281 Å². The van der Waals surface area contributed by atoms with E-state index in [2.05, 4.69) is 13.8 Å². The molecule has 45 heavy (non-hydrogen) atoms. The van der Waals surface area contributed by atoms with Crippen molar-refractivity contribution in [2.24, 2.45) is 0 Å². The second-order valence-corrected chi connectivity index (χ2v) is 16.3. The molecule has 0 atom stereocenters. The summed E-state index contributed by atoms with van der Waals surface area (Å²) in [7, 11) is -2.14. The van der Waals surface area contributed by atoms with Gasteiger partial charge in [0.1, 0.15) is 5.34 Å². The van der Waals surface area contributed by atoms with Crippen LogP contribution in [0.15, 0.2) is 0 Å². The molecule has 0 amide bonds. The molecule has 5 nitrogen and oxygen atoms in total. The SMILES string of the molecule is CCCCCCCCCCCCCCCCCC(=O)P(C(=O)CCCCCCCCCCCCCCCCC)C(O)(CO)CO. The lowest BCUT2D eigenvalue weighted by Gasteiger charge is -2.31. The molecule has 0 aliphatic rings. The highest BCUT2D eigenvalue weighted by Crippen LogP contribution is 2.51. The van der Waals surface area contributed by atoms with Crippen LogP contribution in [-0.2, 0) is 9.59 Å². The van der Waals surface area contributed by atoms with Crippen LogP contribution in [0.4, 0.5) is 0 Å². The van der Waals surface area contributed by atoms with E-state index >= 15 is 0 Å². The average molecular weight is 657 g/mol. The van der Waals surface area contributed by atoms with Gasteiger partial charge in [-0.2, -0.15) is 0 Å². The molecule has 0 aromatic heterocycles. The van der Waals surface area contributed by atoms with Gasteiger partial charge < -0.3 is 15.3 Å². The zero-order chi connectivity index (χ0) is 33.3. The third-order valence-electron chi connectivity index (χ3n) is 9.41. The van der Waals surface area contributed by atoms with Crippen molar-refractivity contribution in [1.29, 1.82) is 0 Å². The molecule has 6 heteroatoms. The van der Waals surface area contributed by atoms with E-state index in [9.17, 15) is 24.9 Å². The van der Waals surface area contributed by atoms with Gasteiger partial charge in [0.25, 0.3) is 0 Å². The maximum Gasteiger partial charge on any atom is 0.165 e. The van der Waals surface area contributed by atoms with Crippen LogP contribution < -0.4 is 0 Å². The van der Waals surface area contributed by atoms with Crippen molar-refractivity contribution in [2.75, 3.05) is 13.2 Å². The molecular formula is C39H77O5P. The summed E-state index contributed by atoms with van der Waals surface area (Å²) in [5, 5.41) is 28.3. The quantitative estimate of drug-likeness (QED) is 0.0457. The molecule has 0 unspecified atom stereocenters. The molecule has 0 bridgehead atoms. The van der Waals surface area contributed by atoms with Crippen molar-refractivity contribution >= 4 is 19.0 Å². The van der Waals surface area contributed by atoms with Crippen LogP contribution >= 0.6 is 7.92 Å². The number of carbonyl (C=O) groups excluding carboxylic acids is 2. The maximum atomic E-state index is 13.1. The van der Waals surface area contributed by atoms with E-state index in [1.54, 1.807) is 0 Å². The smallest absolute Gasteiger partial charge is 0.165 e. The number of hydrogen-bond acceptors (Lipinski definition) is 5. The molecule has 0 spiro atoms. The molecule has 3 N–H and O–H groups in total. The molecule has 0 saturated carbocycles. The van der Waals surface area contributed by atoms with E-state index in [-0.39, 0.29) is 23.9 Å². The fourth-order valence-electron chi connectivity index (χ4n) is 6.31. The van der Waals surface area contributed by atoms with E-state index in [0.717, 1.165) is 25.7 Å². The van der Waals surface area contributed by atoms with Crippen LogP contribution in [0.3, 0.4) is 0 Å². The number of aliphatic hydroxyl groups is 3. The van der Waals surface area contributed by atoms with E-state index in [4.69, 9.17) is 0 Å². The summed E-state index contributed by atoms with van der Waals surface area (Å²) < 4.78 is 0. The molecule has 0 saturated heterocycles. The van der Waals surface area contributed by atoms with Crippen molar-refractivity contribution in [2.45, 2.75) is 225 Å². The Morgan fingerprint density at radius 3 is 0.800 bits per heavy atom.